The minimum absolute atomic E-state index is 0.0512. The molecule has 4 rings (SSSR count). The van der Waals surface area contributed by atoms with Gasteiger partial charge < -0.3 is 14.7 Å². The highest BCUT2D eigenvalue weighted by molar-refractivity contribution is 5.94. The van der Waals surface area contributed by atoms with E-state index in [0.717, 1.165) is 50.8 Å². The van der Waals surface area contributed by atoms with Gasteiger partial charge in [-0.1, -0.05) is 22.4 Å². The van der Waals surface area contributed by atoms with Crippen molar-refractivity contribution in [2.24, 2.45) is 0 Å². The Hall–Kier alpha value is -2.90. The SMILES string of the molecule is O=C(O)c1[nH]nnc1O[C@H]1CC[C@@H](c2ccc(N3CCCCC3=O)cc2)CC1. The predicted octanol–water partition coefficient (Wildman–Crippen LogP) is 3.13. The number of carbonyl (C=O) groups is 2. The van der Waals surface area contributed by atoms with Gasteiger partial charge in [-0.2, -0.15) is 0 Å². The normalized spacial score (nSPS) is 22.9. The molecule has 0 bridgehead atoms. The van der Waals surface area contributed by atoms with Crippen LogP contribution in [0.3, 0.4) is 0 Å². The molecule has 2 fully saturated rings. The van der Waals surface area contributed by atoms with Crippen LogP contribution >= 0.6 is 0 Å². The quantitative estimate of drug-likeness (QED) is 0.820. The average Bonchev–Trinajstić information content (AvgIpc) is 3.18. The number of nitrogens with zero attached hydrogens (tertiary/aromatic N) is 3. The van der Waals surface area contributed by atoms with Crippen LogP contribution in [-0.2, 0) is 4.79 Å². The Morgan fingerprint density at radius 1 is 1.14 bits per heavy atom. The topological polar surface area (TPSA) is 108 Å². The largest absolute Gasteiger partial charge is 0.476 e. The van der Waals surface area contributed by atoms with E-state index in [2.05, 4.69) is 39.7 Å². The second-order valence-corrected chi connectivity index (χ2v) is 7.48. The summed E-state index contributed by atoms with van der Waals surface area (Å²) in [7, 11) is 0. The predicted molar refractivity (Wildman–Crippen MR) is 102 cm³/mol. The number of benzene rings is 1. The number of amides is 1. The Kier molecular flexibility index (Phi) is 5.27. The van der Waals surface area contributed by atoms with Crippen molar-refractivity contribution in [1.29, 1.82) is 0 Å². The zero-order valence-electron chi connectivity index (χ0n) is 15.6. The fourth-order valence-electron chi connectivity index (χ4n) is 4.12. The Balaban J connectivity index is 1.34. The molecule has 1 aliphatic heterocycles. The van der Waals surface area contributed by atoms with Crippen LogP contribution < -0.4 is 9.64 Å². The van der Waals surface area contributed by atoms with Gasteiger partial charge in [0.1, 0.15) is 6.10 Å². The lowest BCUT2D eigenvalue weighted by atomic mass is 9.82. The summed E-state index contributed by atoms with van der Waals surface area (Å²) in [5.74, 6) is -0.403. The number of aromatic carboxylic acids is 1. The second-order valence-electron chi connectivity index (χ2n) is 7.48. The number of carboxylic acids is 1. The van der Waals surface area contributed by atoms with Crippen LogP contribution in [0, 0.1) is 0 Å². The van der Waals surface area contributed by atoms with E-state index in [0.29, 0.717) is 12.3 Å². The van der Waals surface area contributed by atoms with Crippen LogP contribution in [0.15, 0.2) is 24.3 Å². The number of H-pyrrole nitrogens is 1. The Morgan fingerprint density at radius 3 is 2.57 bits per heavy atom. The van der Waals surface area contributed by atoms with E-state index in [1.165, 1.54) is 5.56 Å². The number of carbonyl (C=O) groups excluding carboxylic acids is 1. The molecule has 1 saturated carbocycles. The molecular weight excluding hydrogens is 360 g/mol. The van der Waals surface area contributed by atoms with Gasteiger partial charge in [-0.3, -0.25) is 4.79 Å². The molecule has 1 aromatic carbocycles. The van der Waals surface area contributed by atoms with Gasteiger partial charge in [0.25, 0.3) is 5.88 Å². The molecular formula is C20H24N4O4. The number of hydrogen-bond acceptors (Lipinski definition) is 5. The van der Waals surface area contributed by atoms with Crippen LogP contribution in [0.1, 0.15) is 66.9 Å². The number of anilines is 1. The summed E-state index contributed by atoms with van der Waals surface area (Å²) in [4.78, 5) is 25.1. The molecule has 1 saturated heterocycles. The van der Waals surface area contributed by atoms with E-state index in [4.69, 9.17) is 9.84 Å². The summed E-state index contributed by atoms with van der Waals surface area (Å²) in [5, 5.41) is 18.7. The van der Waals surface area contributed by atoms with Crippen molar-refractivity contribution in [3.8, 4) is 5.88 Å². The van der Waals surface area contributed by atoms with Crippen LogP contribution in [0.25, 0.3) is 0 Å². The van der Waals surface area contributed by atoms with E-state index in [1.54, 1.807) is 0 Å². The number of piperidine rings is 1. The summed E-state index contributed by atoms with van der Waals surface area (Å²) in [5.41, 5.74) is 2.15. The van der Waals surface area contributed by atoms with Gasteiger partial charge in [-0.15, -0.1) is 0 Å². The van der Waals surface area contributed by atoms with E-state index in [9.17, 15) is 9.59 Å². The van der Waals surface area contributed by atoms with Crippen LogP contribution in [0.4, 0.5) is 5.69 Å². The second kappa shape index (κ2) is 8.00. The van der Waals surface area contributed by atoms with Crippen molar-refractivity contribution in [3.05, 3.63) is 35.5 Å². The van der Waals surface area contributed by atoms with Crippen molar-refractivity contribution in [2.75, 3.05) is 11.4 Å². The molecule has 1 amide bonds. The summed E-state index contributed by atoms with van der Waals surface area (Å²) in [6.07, 6.45) is 6.24. The minimum atomic E-state index is -1.12. The summed E-state index contributed by atoms with van der Waals surface area (Å²) < 4.78 is 5.75. The zero-order chi connectivity index (χ0) is 19.5. The molecule has 0 spiro atoms. The number of ether oxygens (including phenoxy) is 1. The van der Waals surface area contributed by atoms with Gasteiger partial charge >= 0.3 is 5.97 Å². The molecule has 148 valence electrons. The van der Waals surface area contributed by atoms with Crippen molar-refractivity contribution in [2.45, 2.75) is 57.0 Å². The Morgan fingerprint density at radius 2 is 1.89 bits per heavy atom. The van der Waals surface area contributed by atoms with E-state index in [1.807, 2.05) is 4.90 Å². The van der Waals surface area contributed by atoms with Crippen molar-refractivity contribution in [3.63, 3.8) is 0 Å². The van der Waals surface area contributed by atoms with Crippen molar-refractivity contribution in [1.82, 2.24) is 15.4 Å². The van der Waals surface area contributed by atoms with Gasteiger partial charge in [0, 0.05) is 18.7 Å². The van der Waals surface area contributed by atoms with Crippen LogP contribution in [0.2, 0.25) is 0 Å². The van der Waals surface area contributed by atoms with Gasteiger partial charge in [0.15, 0.2) is 0 Å². The first-order valence-electron chi connectivity index (χ1n) is 9.83. The fourth-order valence-corrected chi connectivity index (χ4v) is 4.12. The molecule has 28 heavy (non-hydrogen) atoms. The maximum atomic E-state index is 12.1. The van der Waals surface area contributed by atoms with Gasteiger partial charge in [-0.25, -0.2) is 9.89 Å². The number of aromatic amines is 1. The summed E-state index contributed by atoms with van der Waals surface area (Å²) >= 11 is 0. The van der Waals surface area contributed by atoms with E-state index >= 15 is 0 Å². The molecule has 2 heterocycles. The lowest BCUT2D eigenvalue weighted by Gasteiger charge is -2.30. The third kappa shape index (κ3) is 3.85. The maximum Gasteiger partial charge on any atom is 0.359 e. The summed E-state index contributed by atoms with van der Waals surface area (Å²) in [6, 6.07) is 8.36. The van der Waals surface area contributed by atoms with Gasteiger partial charge in [0.05, 0.1) is 0 Å². The lowest BCUT2D eigenvalue weighted by Crippen LogP contribution is -2.35. The molecule has 2 aliphatic rings. The first-order chi connectivity index (χ1) is 13.6. The number of nitrogens with one attached hydrogen (secondary N) is 1. The number of rotatable bonds is 5. The average molecular weight is 384 g/mol. The Labute approximate surface area is 162 Å². The molecule has 1 aromatic heterocycles. The molecule has 1 aliphatic carbocycles. The van der Waals surface area contributed by atoms with Crippen LogP contribution in [0.5, 0.6) is 5.88 Å². The lowest BCUT2D eigenvalue weighted by molar-refractivity contribution is -0.119. The fraction of sp³-hybridized carbons (Fsp3) is 0.500. The first kappa shape index (κ1) is 18.5. The molecule has 2 aromatic rings. The van der Waals surface area contributed by atoms with E-state index in [-0.39, 0.29) is 23.6 Å². The van der Waals surface area contributed by atoms with E-state index < -0.39 is 5.97 Å². The molecule has 0 unspecified atom stereocenters. The van der Waals surface area contributed by atoms with Crippen LogP contribution in [-0.4, -0.2) is 45.0 Å². The van der Waals surface area contributed by atoms with Crippen molar-refractivity contribution < 1.29 is 19.4 Å². The third-order valence-electron chi connectivity index (χ3n) is 5.68. The maximum absolute atomic E-state index is 12.1. The van der Waals surface area contributed by atoms with Gasteiger partial charge in [0.2, 0.25) is 11.6 Å². The standard InChI is InChI=1S/C20H24N4O4/c25-17-3-1-2-12-24(17)15-8-4-13(5-9-15)14-6-10-16(11-7-14)28-19-18(20(26)27)21-23-22-19/h4-5,8-9,14,16H,1-3,6-7,10-12H2,(H,26,27)(H,21,22,23)/t14-,16+. The zero-order valence-corrected chi connectivity index (χ0v) is 15.6. The Bertz CT molecular complexity index is 840. The number of aromatic nitrogens is 3. The highest BCUT2D eigenvalue weighted by atomic mass is 16.5. The third-order valence-corrected chi connectivity index (χ3v) is 5.68. The molecule has 0 atom stereocenters. The molecule has 0 radical (unpaired) electrons. The highest BCUT2D eigenvalue weighted by Crippen LogP contribution is 2.35. The number of hydrogen-bond donors (Lipinski definition) is 2. The minimum Gasteiger partial charge on any atom is -0.476 e. The smallest absolute Gasteiger partial charge is 0.359 e. The highest BCUT2D eigenvalue weighted by Gasteiger charge is 2.27. The summed E-state index contributed by atoms with van der Waals surface area (Å²) in [6.45, 7) is 0.807. The van der Waals surface area contributed by atoms with Crippen molar-refractivity contribution >= 4 is 17.6 Å². The molecule has 8 heteroatoms. The monoisotopic (exact) mass is 384 g/mol. The number of carboxylic acid groups (broad SMARTS) is 1. The molecule has 8 nitrogen and oxygen atoms in total. The van der Waals surface area contributed by atoms with Gasteiger partial charge in [-0.05, 0) is 62.1 Å². The molecule has 2 N–H and O–H groups in total. The first-order valence-corrected chi connectivity index (χ1v) is 9.83.